The molecule has 0 saturated carbocycles. The van der Waals surface area contributed by atoms with Crippen LogP contribution in [0, 0.1) is 0 Å². The normalized spacial score (nSPS) is 10.2. The first-order chi connectivity index (χ1) is 8.40. The van der Waals surface area contributed by atoms with Crippen molar-refractivity contribution in [2.75, 3.05) is 11.9 Å². The van der Waals surface area contributed by atoms with Gasteiger partial charge in [-0.15, -0.1) is 0 Å². The molecule has 0 unspecified atom stereocenters. The molecule has 90 valence electrons. The van der Waals surface area contributed by atoms with Crippen LogP contribution >= 0.6 is 0 Å². The van der Waals surface area contributed by atoms with Crippen molar-refractivity contribution in [3.8, 4) is 5.75 Å². The van der Waals surface area contributed by atoms with Crippen molar-refractivity contribution >= 4 is 5.82 Å². The number of aromatic nitrogens is 2. The molecule has 5 nitrogen and oxygen atoms in total. The molecule has 0 aliphatic heterocycles. The summed E-state index contributed by atoms with van der Waals surface area (Å²) >= 11 is 0. The zero-order valence-corrected chi connectivity index (χ0v) is 9.72. The lowest BCUT2D eigenvalue weighted by Crippen LogP contribution is -2.04. The van der Waals surface area contributed by atoms with Crippen molar-refractivity contribution in [2.24, 2.45) is 0 Å². The van der Waals surface area contributed by atoms with Crippen LogP contribution in [-0.4, -0.2) is 16.7 Å². The van der Waals surface area contributed by atoms with Gasteiger partial charge in [0.15, 0.2) is 17.3 Å². The fraction of sp³-hybridized carbons (Fsp3) is 0.333. The SMILES string of the molecule is CCCOc1cccnc1NCc1ccno1. The Bertz CT molecular complexity index is 443. The summed E-state index contributed by atoms with van der Waals surface area (Å²) in [5.74, 6) is 2.24. The molecule has 0 saturated heterocycles. The van der Waals surface area contributed by atoms with Gasteiger partial charge in [0.25, 0.3) is 0 Å². The van der Waals surface area contributed by atoms with E-state index in [4.69, 9.17) is 9.26 Å². The minimum absolute atomic E-state index is 0.541. The molecule has 0 aliphatic rings. The standard InChI is InChI=1S/C12H15N3O2/c1-2-8-16-11-4-3-6-13-12(11)14-9-10-5-7-15-17-10/h3-7H,2,8-9H2,1H3,(H,13,14). The number of nitrogens with zero attached hydrogens (tertiary/aromatic N) is 2. The average Bonchev–Trinajstić information content (AvgIpc) is 2.88. The van der Waals surface area contributed by atoms with E-state index in [1.807, 2.05) is 18.2 Å². The largest absolute Gasteiger partial charge is 0.490 e. The molecular weight excluding hydrogens is 218 g/mol. The highest BCUT2D eigenvalue weighted by molar-refractivity contribution is 5.49. The molecule has 0 radical (unpaired) electrons. The van der Waals surface area contributed by atoms with Gasteiger partial charge in [0.05, 0.1) is 19.3 Å². The van der Waals surface area contributed by atoms with Crippen molar-refractivity contribution in [3.05, 3.63) is 36.4 Å². The molecule has 0 bridgehead atoms. The van der Waals surface area contributed by atoms with Gasteiger partial charge < -0.3 is 14.6 Å². The quantitative estimate of drug-likeness (QED) is 0.830. The molecule has 0 spiro atoms. The Kier molecular flexibility index (Phi) is 3.96. The Hall–Kier alpha value is -2.04. The van der Waals surface area contributed by atoms with Crippen LogP contribution in [0.3, 0.4) is 0 Å². The lowest BCUT2D eigenvalue weighted by atomic mass is 10.4. The molecule has 5 heteroatoms. The third-order valence-corrected chi connectivity index (χ3v) is 2.15. The van der Waals surface area contributed by atoms with Crippen LogP contribution in [0.25, 0.3) is 0 Å². The molecule has 0 amide bonds. The van der Waals surface area contributed by atoms with E-state index in [1.165, 1.54) is 0 Å². The fourth-order valence-corrected chi connectivity index (χ4v) is 1.36. The first-order valence-electron chi connectivity index (χ1n) is 5.61. The molecule has 17 heavy (non-hydrogen) atoms. The van der Waals surface area contributed by atoms with Gasteiger partial charge in [0.1, 0.15) is 0 Å². The van der Waals surface area contributed by atoms with Crippen molar-refractivity contribution < 1.29 is 9.26 Å². The third kappa shape index (κ3) is 3.21. The Morgan fingerprint density at radius 3 is 3.06 bits per heavy atom. The van der Waals surface area contributed by atoms with E-state index in [9.17, 15) is 0 Å². The average molecular weight is 233 g/mol. The summed E-state index contributed by atoms with van der Waals surface area (Å²) in [5.41, 5.74) is 0. The highest BCUT2D eigenvalue weighted by atomic mass is 16.5. The summed E-state index contributed by atoms with van der Waals surface area (Å²) in [7, 11) is 0. The first kappa shape index (κ1) is 11.4. The van der Waals surface area contributed by atoms with Crippen molar-refractivity contribution in [3.63, 3.8) is 0 Å². The summed E-state index contributed by atoms with van der Waals surface area (Å²) < 4.78 is 10.6. The molecule has 0 aromatic carbocycles. The number of rotatable bonds is 6. The van der Waals surface area contributed by atoms with Crippen molar-refractivity contribution in [1.82, 2.24) is 10.1 Å². The maximum atomic E-state index is 5.58. The van der Waals surface area contributed by atoms with Crippen molar-refractivity contribution in [2.45, 2.75) is 19.9 Å². The summed E-state index contributed by atoms with van der Waals surface area (Å²) in [5, 5.41) is 6.79. The lowest BCUT2D eigenvalue weighted by molar-refractivity contribution is 0.317. The summed E-state index contributed by atoms with van der Waals surface area (Å²) in [6, 6.07) is 5.55. The van der Waals surface area contributed by atoms with Crippen molar-refractivity contribution in [1.29, 1.82) is 0 Å². The van der Waals surface area contributed by atoms with Gasteiger partial charge in [0, 0.05) is 12.3 Å². The summed E-state index contributed by atoms with van der Waals surface area (Å²) in [6.45, 7) is 3.29. The number of nitrogens with one attached hydrogen (secondary N) is 1. The second-order valence-corrected chi connectivity index (χ2v) is 3.53. The first-order valence-corrected chi connectivity index (χ1v) is 5.61. The van der Waals surface area contributed by atoms with E-state index in [2.05, 4.69) is 22.4 Å². The van der Waals surface area contributed by atoms with E-state index in [0.29, 0.717) is 13.2 Å². The molecule has 0 fully saturated rings. The monoisotopic (exact) mass is 233 g/mol. The molecular formula is C12H15N3O2. The van der Waals surface area contributed by atoms with E-state index in [-0.39, 0.29) is 0 Å². The highest BCUT2D eigenvalue weighted by Crippen LogP contribution is 2.21. The number of ether oxygens (including phenoxy) is 1. The van der Waals surface area contributed by atoms with Gasteiger partial charge in [0.2, 0.25) is 0 Å². The Morgan fingerprint density at radius 2 is 2.29 bits per heavy atom. The zero-order valence-electron chi connectivity index (χ0n) is 9.72. The Balaban J connectivity index is 1.99. The number of hydrogen-bond acceptors (Lipinski definition) is 5. The van der Waals surface area contributed by atoms with Crippen LogP contribution in [0.5, 0.6) is 5.75 Å². The van der Waals surface area contributed by atoms with Crippen LogP contribution in [-0.2, 0) is 6.54 Å². The molecule has 0 aliphatic carbocycles. The predicted octanol–water partition coefficient (Wildman–Crippen LogP) is 2.47. The van der Waals surface area contributed by atoms with E-state index in [1.54, 1.807) is 12.4 Å². The van der Waals surface area contributed by atoms with E-state index < -0.39 is 0 Å². The van der Waals surface area contributed by atoms with Crippen LogP contribution in [0.15, 0.2) is 35.1 Å². The van der Waals surface area contributed by atoms with Gasteiger partial charge in [-0.05, 0) is 18.6 Å². The summed E-state index contributed by atoms with van der Waals surface area (Å²) in [6.07, 6.45) is 4.31. The zero-order chi connectivity index (χ0) is 11.9. The van der Waals surface area contributed by atoms with Crippen LogP contribution in [0.1, 0.15) is 19.1 Å². The molecule has 2 aromatic rings. The smallest absolute Gasteiger partial charge is 0.169 e. The maximum Gasteiger partial charge on any atom is 0.169 e. The van der Waals surface area contributed by atoms with Gasteiger partial charge >= 0.3 is 0 Å². The minimum Gasteiger partial charge on any atom is -0.490 e. The number of anilines is 1. The Labute approximate surface area is 99.8 Å². The topological polar surface area (TPSA) is 60.2 Å². The van der Waals surface area contributed by atoms with Gasteiger partial charge in [-0.2, -0.15) is 0 Å². The molecule has 2 aromatic heterocycles. The van der Waals surface area contributed by atoms with Gasteiger partial charge in [-0.25, -0.2) is 4.98 Å². The molecule has 2 heterocycles. The number of pyridine rings is 1. The molecule has 2 rings (SSSR count). The van der Waals surface area contributed by atoms with Crippen LogP contribution < -0.4 is 10.1 Å². The van der Waals surface area contributed by atoms with Crippen LogP contribution in [0.4, 0.5) is 5.82 Å². The molecule has 1 N–H and O–H groups in total. The lowest BCUT2D eigenvalue weighted by Gasteiger charge is -2.10. The maximum absolute atomic E-state index is 5.58. The van der Waals surface area contributed by atoms with Gasteiger partial charge in [-0.3, -0.25) is 0 Å². The summed E-state index contributed by atoms with van der Waals surface area (Å²) in [4.78, 5) is 4.23. The number of hydrogen-bond donors (Lipinski definition) is 1. The highest BCUT2D eigenvalue weighted by Gasteiger charge is 2.04. The van der Waals surface area contributed by atoms with Gasteiger partial charge in [-0.1, -0.05) is 12.1 Å². The molecule has 0 atom stereocenters. The third-order valence-electron chi connectivity index (χ3n) is 2.15. The fourth-order valence-electron chi connectivity index (χ4n) is 1.36. The van der Waals surface area contributed by atoms with Crippen LogP contribution in [0.2, 0.25) is 0 Å². The second kappa shape index (κ2) is 5.89. The van der Waals surface area contributed by atoms with E-state index in [0.717, 1.165) is 23.7 Å². The second-order valence-electron chi connectivity index (χ2n) is 3.53. The minimum atomic E-state index is 0.541. The van der Waals surface area contributed by atoms with E-state index >= 15 is 0 Å². The predicted molar refractivity (Wildman–Crippen MR) is 63.9 cm³/mol. The Morgan fingerprint density at radius 1 is 1.35 bits per heavy atom.